The number of nitrogens with zero attached hydrogens (tertiary/aromatic N) is 2. The predicted molar refractivity (Wildman–Crippen MR) is 52.9 cm³/mol. The van der Waals surface area contributed by atoms with Crippen molar-refractivity contribution in [3.05, 3.63) is 16.4 Å². The number of fused-ring (bicyclic) bond motifs is 1. The van der Waals surface area contributed by atoms with Crippen LogP contribution < -0.4 is 0 Å². The number of hydrogen-bond acceptors (Lipinski definition) is 3. The van der Waals surface area contributed by atoms with Gasteiger partial charge in [-0.25, -0.2) is 0 Å². The minimum Gasteiger partial charge on any atom is -0.378 e. The molecule has 1 aromatic rings. The zero-order valence-electron chi connectivity index (χ0n) is 7.86. The molecule has 0 bridgehead atoms. The first-order chi connectivity index (χ1) is 6.74. The first kappa shape index (κ1) is 8.88. The van der Waals surface area contributed by atoms with Crippen molar-refractivity contribution in [3.63, 3.8) is 0 Å². The van der Waals surface area contributed by atoms with Crippen molar-refractivity contribution in [2.75, 3.05) is 13.2 Å². The minimum atomic E-state index is -0.123. The van der Waals surface area contributed by atoms with Gasteiger partial charge in [0.1, 0.15) is 11.7 Å². The third-order valence-electron chi connectivity index (χ3n) is 3.00. The molecule has 0 saturated carbocycles. The van der Waals surface area contributed by atoms with E-state index in [4.69, 9.17) is 9.47 Å². The van der Waals surface area contributed by atoms with E-state index < -0.39 is 0 Å². The predicted octanol–water partition coefficient (Wildman–Crippen LogP) is 1.20. The Bertz CT molecular complexity index is 359. The fourth-order valence-electron chi connectivity index (χ4n) is 2.24. The van der Waals surface area contributed by atoms with E-state index in [0.717, 1.165) is 23.2 Å². The van der Waals surface area contributed by atoms with Crippen molar-refractivity contribution in [2.45, 2.75) is 18.1 Å². The van der Waals surface area contributed by atoms with Gasteiger partial charge in [0.25, 0.3) is 0 Å². The number of aromatic nitrogens is 2. The van der Waals surface area contributed by atoms with Crippen LogP contribution >= 0.6 is 15.9 Å². The van der Waals surface area contributed by atoms with Gasteiger partial charge in [0.15, 0.2) is 0 Å². The topological polar surface area (TPSA) is 39.6 Å². The molecule has 0 spiro atoms. The third-order valence-corrected chi connectivity index (χ3v) is 3.58. The van der Waals surface area contributed by atoms with Gasteiger partial charge in [-0.2, -0.15) is 5.10 Å². The van der Waals surface area contributed by atoms with Gasteiger partial charge in [-0.15, -0.1) is 0 Å². The molecule has 0 amide bonds. The fraction of sp³-hybridized carbons (Fsp3) is 0.667. The Labute approximate surface area is 90.3 Å². The second-order valence-corrected chi connectivity index (χ2v) is 4.64. The highest BCUT2D eigenvalue weighted by Gasteiger charge is 2.61. The Kier molecular flexibility index (Phi) is 1.78. The summed E-state index contributed by atoms with van der Waals surface area (Å²) in [4.78, 5) is 0. The van der Waals surface area contributed by atoms with Gasteiger partial charge in [-0.3, -0.25) is 4.68 Å². The van der Waals surface area contributed by atoms with Crippen LogP contribution in [-0.4, -0.2) is 29.1 Å². The van der Waals surface area contributed by atoms with Gasteiger partial charge in [0.2, 0.25) is 0 Å². The van der Waals surface area contributed by atoms with Crippen LogP contribution in [0.5, 0.6) is 0 Å². The summed E-state index contributed by atoms with van der Waals surface area (Å²) in [7, 11) is 1.95. The van der Waals surface area contributed by atoms with Crippen molar-refractivity contribution in [2.24, 2.45) is 7.05 Å². The Hall–Kier alpha value is -0.390. The van der Waals surface area contributed by atoms with Crippen LogP contribution in [0.2, 0.25) is 0 Å². The molecule has 14 heavy (non-hydrogen) atoms. The van der Waals surface area contributed by atoms with E-state index in [1.54, 1.807) is 0 Å². The molecule has 0 aromatic carbocycles. The van der Waals surface area contributed by atoms with Crippen molar-refractivity contribution >= 4 is 15.9 Å². The van der Waals surface area contributed by atoms with Crippen LogP contribution in [0.1, 0.15) is 12.1 Å². The molecule has 2 unspecified atom stereocenters. The molecule has 2 aliphatic rings. The molecule has 2 aliphatic heterocycles. The molecule has 5 heteroatoms. The zero-order valence-corrected chi connectivity index (χ0v) is 9.45. The molecule has 3 rings (SSSR count). The van der Waals surface area contributed by atoms with E-state index in [0.29, 0.717) is 6.61 Å². The molecule has 0 aliphatic carbocycles. The highest BCUT2D eigenvalue weighted by atomic mass is 79.9. The normalized spacial score (nSPS) is 35.4. The standard InChI is InChI=1S/C9H11BrN2O2/c1-12-8(6(10)4-11-12)9-2-3-13-5-7(9)14-9/h4,7H,2-3,5H2,1H3. The Morgan fingerprint density at radius 1 is 1.71 bits per heavy atom. The van der Waals surface area contributed by atoms with Crippen molar-refractivity contribution in [1.29, 1.82) is 0 Å². The van der Waals surface area contributed by atoms with Crippen molar-refractivity contribution in [1.82, 2.24) is 9.78 Å². The lowest BCUT2D eigenvalue weighted by atomic mass is 9.96. The summed E-state index contributed by atoms with van der Waals surface area (Å²) in [6.45, 7) is 1.48. The minimum absolute atomic E-state index is 0.123. The highest BCUT2D eigenvalue weighted by Crippen LogP contribution is 2.52. The molecule has 0 N–H and O–H groups in total. The average molecular weight is 259 g/mol. The summed E-state index contributed by atoms with van der Waals surface area (Å²) < 4.78 is 14.0. The molecule has 2 fully saturated rings. The fourth-order valence-corrected chi connectivity index (χ4v) is 2.92. The molecule has 0 radical (unpaired) electrons. The van der Waals surface area contributed by atoms with Gasteiger partial charge in [0.05, 0.1) is 23.0 Å². The number of halogens is 1. The van der Waals surface area contributed by atoms with Crippen LogP contribution in [0.3, 0.4) is 0 Å². The van der Waals surface area contributed by atoms with Crippen molar-refractivity contribution in [3.8, 4) is 0 Å². The number of epoxide rings is 1. The average Bonchev–Trinajstić information content (AvgIpc) is 2.81. The van der Waals surface area contributed by atoms with E-state index in [1.165, 1.54) is 0 Å². The molecular formula is C9H11BrN2O2. The second kappa shape index (κ2) is 2.81. The number of ether oxygens (including phenoxy) is 2. The maximum atomic E-state index is 5.76. The quantitative estimate of drug-likeness (QED) is 0.711. The lowest BCUT2D eigenvalue weighted by Crippen LogP contribution is -2.27. The summed E-state index contributed by atoms with van der Waals surface area (Å²) in [5.41, 5.74) is 1.02. The molecule has 1 aromatic heterocycles. The largest absolute Gasteiger partial charge is 0.378 e. The lowest BCUT2D eigenvalue weighted by Gasteiger charge is -2.18. The number of rotatable bonds is 1. The maximum absolute atomic E-state index is 5.76. The van der Waals surface area contributed by atoms with Crippen LogP contribution in [0.4, 0.5) is 0 Å². The molecule has 2 atom stereocenters. The van der Waals surface area contributed by atoms with E-state index >= 15 is 0 Å². The summed E-state index contributed by atoms with van der Waals surface area (Å²) in [6.07, 6.45) is 2.97. The monoisotopic (exact) mass is 258 g/mol. The van der Waals surface area contributed by atoms with Crippen LogP contribution in [0.25, 0.3) is 0 Å². The molecular weight excluding hydrogens is 248 g/mol. The van der Waals surface area contributed by atoms with Gasteiger partial charge in [-0.05, 0) is 15.9 Å². The first-order valence-electron chi connectivity index (χ1n) is 4.67. The van der Waals surface area contributed by atoms with E-state index in [2.05, 4.69) is 21.0 Å². The molecule has 4 nitrogen and oxygen atoms in total. The second-order valence-electron chi connectivity index (χ2n) is 3.79. The van der Waals surface area contributed by atoms with Gasteiger partial charge >= 0.3 is 0 Å². The number of hydrogen-bond donors (Lipinski definition) is 0. The molecule has 76 valence electrons. The van der Waals surface area contributed by atoms with Gasteiger partial charge in [0, 0.05) is 20.1 Å². The third kappa shape index (κ3) is 1.03. The van der Waals surface area contributed by atoms with Crippen LogP contribution in [-0.2, 0) is 22.1 Å². The SMILES string of the molecule is Cn1ncc(Br)c1C12CCOCC1O2. The summed E-state index contributed by atoms with van der Waals surface area (Å²) >= 11 is 3.51. The van der Waals surface area contributed by atoms with Crippen LogP contribution in [0.15, 0.2) is 10.7 Å². The van der Waals surface area contributed by atoms with E-state index in [9.17, 15) is 0 Å². The van der Waals surface area contributed by atoms with Gasteiger partial charge in [-0.1, -0.05) is 0 Å². The van der Waals surface area contributed by atoms with Gasteiger partial charge < -0.3 is 9.47 Å². The Balaban J connectivity index is 2.03. The van der Waals surface area contributed by atoms with E-state index in [1.807, 2.05) is 17.9 Å². The van der Waals surface area contributed by atoms with E-state index in [-0.39, 0.29) is 11.7 Å². The lowest BCUT2D eigenvalue weighted by molar-refractivity contribution is 0.0958. The molecule has 3 heterocycles. The maximum Gasteiger partial charge on any atom is 0.142 e. The molecule has 2 saturated heterocycles. The highest BCUT2D eigenvalue weighted by molar-refractivity contribution is 9.10. The smallest absolute Gasteiger partial charge is 0.142 e. The summed E-state index contributed by atoms with van der Waals surface area (Å²) in [6, 6.07) is 0. The van der Waals surface area contributed by atoms with Crippen molar-refractivity contribution < 1.29 is 9.47 Å². The first-order valence-corrected chi connectivity index (χ1v) is 5.47. The Morgan fingerprint density at radius 2 is 2.57 bits per heavy atom. The summed E-state index contributed by atoms with van der Waals surface area (Å²) in [5, 5.41) is 4.21. The number of aryl methyl sites for hydroxylation is 1. The zero-order chi connectivity index (χ0) is 9.76. The van der Waals surface area contributed by atoms with Crippen LogP contribution in [0, 0.1) is 0 Å². The Morgan fingerprint density at radius 3 is 3.21 bits per heavy atom. The summed E-state index contributed by atoms with van der Waals surface area (Å²) in [5.74, 6) is 0.